The minimum Gasteiger partial charge on any atom is -0.496 e. The molecule has 0 bridgehead atoms. The number of hydrogen-bond acceptors (Lipinski definition) is 4. The van der Waals surface area contributed by atoms with Gasteiger partial charge in [0.25, 0.3) is 0 Å². The van der Waals surface area contributed by atoms with Crippen LogP contribution in [0, 0.1) is 18.3 Å². The van der Waals surface area contributed by atoms with Crippen molar-refractivity contribution in [3.63, 3.8) is 0 Å². The van der Waals surface area contributed by atoms with Crippen LogP contribution in [0.1, 0.15) is 16.7 Å². The van der Waals surface area contributed by atoms with Gasteiger partial charge in [-0.05, 0) is 38.2 Å². The average Bonchev–Trinajstić information content (AvgIpc) is 2.55. The quantitative estimate of drug-likeness (QED) is 0.887. The summed E-state index contributed by atoms with van der Waals surface area (Å²) >= 11 is 0. The first-order chi connectivity index (χ1) is 11.5. The topological polar surface area (TPSA) is 65.4 Å². The SMILES string of the molecule is COc1ccc(C)cc1CN(C)CC(=O)Nc1cccc(C#N)c1. The number of amides is 1. The van der Waals surface area contributed by atoms with Crippen LogP contribution in [0.25, 0.3) is 0 Å². The molecule has 2 aromatic carbocycles. The molecule has 0 heterocycles. The number of nitriles is 1. The number of nitrogens with one attached hydrogen (secondary N) is 1. The number of hydrogen-bond donors (Lipinski definition) is 1. The maximum atomic E-state index is 12.2. The molecular weight excluding hydrogens is 302 g/mol. The summed E-state index contributed by atoms with van der Waals surface area (Å²) in [7, 11) is 3.52. The van der Waals surface area contributed by atoms with Gasteiger partial charge in [-0.15, -0.1) is 0 Å². The van der Waals surface area contributed by atoms with Gasteiger partial charge < -0.3 is 10.1 Å². The fourth-order valence-corrected chi connectivity index (χ4v) is 2.49. The molecule has 5 nitrogen and oxygen atoms in total. The molecule has 124 valence electrons. The normalized spacial score (nSPS) is 10.3. The van der Waals surface area contributed by atoms with E-state index in [1.165, 1.54) is 0 Å². The Morgan fingerprint density at radius 3 is 2.79 bits per heavy atom. The fraction of sp³-hybridized carbons (Fsp3) is 0.263. The van der Waals surface area contributed by atoms with Gasteiger partial charge in [-0.25, -0.2) is 0 Å². The van der Waals surface area contributed by atoms with Gasteiger partial charge in [0.2, 0.25) is 5.91 Å². The second-order valence-electron chi connectivity index (χ2n) is 5.73. The Bertz CT molecular complexity index is 765. The highest BCUT2D eigenvalue weighted by molar-refractivity contribution is 5.92. The molecule has 2 rings (SSSR count). The predicted molar refractivity (Wildman–Crippen MR) is 93.9 cm³/mol. The van der Waals surface area contributed by atoms with Gasteiger partial charge in [-0.1, -0.05) is 23.8 Å². The summed E-state index contributed by atoms with van der Waals surface area (Å²) in [6, 6.07) is 14.9. The minimum atomic E-state index is -0.126. The van der Waals surface area contributed by atoms with E-state index in [-0.39, 0.29) is 12.5 Å². The highest BCUT2D eigenvalue weighted by Gasteiger charge is 2.11. The number of likely N-dealkylation sites (N-methyl/N-ethyl adjacent to an activating group) is 1. The highest BCUT2D eigenvalue weighted by atomic mass is 16.5. The number of carbonyl (C=O) groups is 1. The number of carbonyl (C=O) groups excluding carboxylic acids is 1. The summed E-state index contributed by atoms with van der Waals surface area (Å²) in [5, 5.41) is 11.7. The molecule has 0 atom stereocenters. The molecule has 0 aliphatic rings. The minimum absolute atomic E-state index is 0.126. The van der Waals surface area contributed by atoms with Gasteiger partial charge in [0, 0.05) is 17.8 Å². The van der Waals surface area contributed by atoms with Crippen molar-refractivity contribution in [3.8, 4) is 11.8 Å². The number of rotatable bonds is 6. The summed E-state index contributed by atoms with van der Waals surface area (Å²) < 4.78 is 5.37. The average molecular weight is 323 g/mol. The zero-order chi connectivity index (χ0) is 17.5. The van der Waals surface area contributed by atoms with Crippen LogP contribution < -0.4 is 10.1 Å². The summed E-state index contributed by atoms with van der Waals surface area (Å²) in [5.41, 5.74) is 3.34. The van der Waals surface area contributed by atoms with Crippen LogP contribution in [-0.4, -0.2) is 31.5 Å². The van der Waals surface area contributed by atoms with Crippen LogP contribution in [0.15, 0.2) is 42.5 Å². The molecule has 0 unspecified atom stereocenters. The first kappa shape index (κ1) is 17.5. The van der Waals surface area contributed by atoms with Crippen molar-refractivity contribution in [1.29, 1.82) is 5.26 Å². The van der Waals surface area contributed by atoms with Gasteiger partial charge in [-0.3, -0.25) is 9.69 Å². The van der Waals surface area contributed by atoms with Gasteiger partial charge in [0.05, 0.1) is 25.3 Å². The molecular formula is C19H21N3O2. The monoisotopic (exact) mass is 323 g/mol. The van der Waals surface area contributed by atoms with Gasteiger partial charge >= 0.3 is 0 Å². The van der Waals surface area contributed by atoms with E-state index in [0.717, 1.165) is 16.9 Å². The zero-order valence-corrected chi connectivity index (χ0v) is 14.2. The van der Waals surface area contributed by atoms with Crippen LogP contribution in [0.3, 0.4) is 0 Å². The predicted octanol–water partition coefficient (Wildman–Crippen LogP) is 2.95. The second kappa shape index (κ2) is 8.14. The first-order valence-corrected chi connectivity index (χ1v) is 7.64. The lowest BCUT2D eigenvalue weighted by molar-refractivity contribution is -0.117. The molecule has 5 heteroatoms. The highest BCUT2D eigenvalue weighted by Crippen LogP contribution is 2.21. The molecule has 0 radical (unpaired) electrons. The first-order valence-electron chi connectivity index (χ1n) is 7.64. The van der Waals surface area contributed by atoms with Gasteiger partial charge in [0.1, 0.15) is 5.75 Å². The summed E-state index contributed by atoms with van der Waals surface area (Å²) in [4.78, 5) is 14.1. The second-order valence-corrected chi connectivity index (χ2v) is 5.73. The Morgan fingerprint density at radius 2 is 2.08 bits per heavy atom. The number of ether oxygens (including phenoxy) is 1. The van der Waals surface area contributed by atoms with Gasteiger partial charge in [-0.2, -0.15) is 5.26 Å². The lowest BCUT2D eigenvalue weighted by atomic mass is 10.1. The van der Waals surface area contributed by atoms with Gasteiger partial charge in [0.15, 0.2) is 0 Å². The standard InChI is InChI=1S/C19H21N3O2/c1-14-7-8-18(24-3)16(9-14)12-22(2)13-19(23)21-17-6-4-5-15(10-17)11-20/h4-10H,12-13H2,1-3H3,(H,21,23). The fourth-order valence-electron chi connectivity index (χ4n) is 2.49. The molecule has 0 saturated carbocycles. The Hall–Kier alpha value is -2.84. The molecule has 1 N–H and O–H groups in total. The lowest BCUT2D eigenvalue weighted by Gasteiger charge is -2.18. The van der Waals surface area contributed by atoms with E-state index in [1.807, 2.05) is 31.0 Å². The molecule has 0 spiro atoms. The van der Waals surface area contributed by atoms with E-state index in [0.29, 0.717) is 17.8 Å². The number of benzene rings is 2. The number of nitrogens with zero attached hydrogens (tertiary/aromatic N) is 2. The van der Waals surface area contributed by atoms with E-state index in [2.05, 4.69) is 17.5 Å². The van der Waals surface area contributed by atoms with E-state index < -0.39 is 0 Å². The van der Waals surface area contributed by atoms with E-state index in [1.54, 1.807) is 31.4 Å². The van der Waals surface area contributed by atoms with Crippen molar-refractivity contribution in [1.82, 2.24) is 4.90 Å². The van der Waals surface area contributed by atoms with Crippen LogP contribution in [0.2, 0.25) is 0 Å². The van der Waals surface area contributed by atoms with Crippen molar-refractivity contribution in [2.24, 2.45) is 0 Å². The number of anilines is 1. The molecule has 0 aliphatic heterocycles. The maximum Gasteiger partial charge on any atom is 0.238 e. The van der Waals surface area contributed by atoms with Crippen LogP contribution in [0.4, 0.5) is 5.69 Å². The Balaban J connectivity index is 1.97. The molecule has 0 saturated heterocycles. The van der Waals surface area contributed by atoms with Crippen LogP contribution in [0.5, 0.6) is 5.75 Å². The molecule has 1 amide bonds. The smallest absolute Gasteiger partial charge is 0.238 e. The lowest BCUT2D eigenvalue weighted by Crippen LogP contribution is -2.30. The maximum absolute atomic E-state index is 12.2. The molecule has 0 aliphatic carbocycles. The zero-order valence-electron chi connectivity index (χ0n) is 14.2. The third-order valence-corrected chi connectivity index (χ3v) is 3.57. The van der Waals surface area contributed by atoms with Crippen molar-refractivity contribution in [3.05, 3.63) is 59.2 Å². The van der Waals surface area contributed by atoms with Crippen LogP contribution in [-0.2, 0) is 11.3 Å². The third kappa shape index (κ3) is 4.83. The Labute approximate surface area is 142 Å². The molecule has 0 fully saturated rings. The third-order valence-electron chi connectivity index (χ3n) is 3.57. The molecule has 0 aromatic heterocycles. The van der Waals surface area contributed by atoms with Crippen molar-refractivity contribution in [2.75, 3.05) is 26.0 Å². The number of aryl methyl sites for hydroxylation is 1. The largest absolute Gasteiger partial charge is 0.496 e. The van der Waals surface area contributed by atoms with Crippen molar-refractivity contribution >= 4 is 11.6 Å². The van der Waals surface area contributed by atoms with E-state index in [9.17, 15) is 4.79 Å². The number of methoxy groups -OCH3 is 1. The summed E-state index contributed by atoms with van der Waals surface area (Å²) in [6.45, 7) is 2.88. The Morgan fingerprint density at radius 1 is 1.29 bits per heavy atom. The molecule has 2 aromatic rings. The van der Waals surface area contributed by atoms with E-state index >= 15 is 0 Å². The van der Waals surface area contributed by atoms with Crippen molar-refractivity contribution in [2.45, 2.75) is 13.5 Å². The van der Waals surface area contributed by atoms with Crippen molar-refractivity contribution < 1.29 is 9.53 Å². The Kier molecular flexibility index (Phi) is 5.94. The van der Waals surface area contributed by atoms with Crippen LogP contribution >= 0.6 is 0 Å². The molecule has 24 heavy (non-hydrogen) atoms. The summed E-state index contributed by atoms with van der Waals surface area (Å²) in [5.74, 6) is 0.689. The summed E-state index contributed by atoms with van der Waals surface area (Å²) in [6.07, 6.45) is 0. The van der Waals surface area contributed by atoms with E-state index in [4.69, 9.17) is 10.00 Å².